The molecule has 0 saturated carbocycles. The molecule has 140 valence electrons. The Morgan fingerprint density at radius 2 is 2.16 bits per heavy atom. The molecule has 9 nitrogen and oxygen atoms in total. The molecule has 0 atom stereocenters. The van der Waals surface area contributed by atoms with E-state index in [0.717, 1.165) is 39.3 Å². The van der Waals surface area contributed by atoms with Crippen LogP contribution in [0.4, 0.5) is 5.82 Å². The Morgan fingerprint density at radius 3 is 2.80 bits per heavy atom. The van der Waals surface area contributed by atoms with Crippen LogP contribution in [0, 0.1) is 6.92 Å². The molecule has 25 heavy (non-hydrogen) atoms. The fourth-order valence-corrected chi connectivity index (χ4v) is 2.60. The average Bonchev–Trinajstić information content (AvgIpc) is 3.00. The minimum atomic E-state index is -0.316. The summed E-state index contributed by atoms with van der Waals surface area (Å²) in [6.07, 6.45) is 0.784. The van der Waals surface area contributed by atoms with Crippen molar-refractivity contribution in [2.45, 2.75) is 13.3 Å². The van der Waals surface area contributed by atoms with E-state index in [2.05, 4.69) is 15.4 Å². The van der Waals surface area contributed by atoms with Crippen LogP contribution in [0.3, 0.4) is 0 Å². The molecule has 2 rings (SSSR count). The summed E-state index contributed by atoms with van der Waals surface area (Å²) in [6.45, 7) is 6.29. The molecule has 0 aliphatic carbocycles. The van der Waals surface area contributed by atoms with Crippen molar-refractivity contribution in [3.8, 4) is 0 Å². The molecule has 0 unspecified atom stereocenters. The van der Waals surface area contributed by atoms with Crippen LogP contribution in [0.15, 0.2) is 10.6 Å². The number of carbonyl (C=O) groups is 2. The number of morpholine rings is 1. The molecular formula is C16H26N4O5. The summed E-state index contributed by atoms with van der Waals surface area (Å²) in [6, 6.07) is 1.62. The molecule has 1 aliphatic rings. The predicted molar refractivity (Wildman–Crippen MR) is 90.2 cm³/mol. The van der Waals surface area contributed by atoms with Gasteiger partial charge < -0.3 is 24.2 Å². The van der Waals surface area contributed by atoms with Gasteiger partial charge in [-0.15, -0.1) is 0 Å². The van der Waals surface area contributed by atoms with E-state index in [9.17, 15) is 9.59 Å². The van der Waals surface area contributed by atoms with Gasteiger partial charge in [0.25, 0.3) is 0 Å². The minimum Gasteiger partial charge on any atom is -0.379 e. The van der Waals surface area contributed by atoms with E-state index >= 15 is 0 Å². The zero-order valence-electron chi connectivity index (χ0n) is 14.8. The SMILES string of the molecule is COCC(=O)N(CCCN1CCOCC1)CC(=O)Nc1cc(C)on1. The highest BCUT2D eigenvalue weighted by Gasteiger charge is 2.18. The van der Waals surface area contributed by atoms with E-state index in [-0.39, 0.29) is 25.0 Å². The summed E-state index contributed by atoms with van der Waals surface area (Å²) in [5.41, 5.74) is 0. The van der Waals surface area contributed by atoms with Crippen molar-refractivity contribution >= 4 is 17.6 Å². The fourth-order valence-electron chi connectivity index (χ4n) is 2.60. The summed E-state index contributed by atoms with van der Waals surface area (Å²) < 4.78 is 15.1. The van der Waals surface area contributed by atoms with Gasteiger partial charge in [0, 0.05) is 39.4 Å². The molecule has 9 heteroatoms. The Labute approximate surface area is 147 Å². The average molecular weight is 354 g/mol. The molecule has 1 saturated heterocycles. The van der Waals surface area contributed by atoms with Gasteiger partial charge in [0.05, 0.1) is 19.8 Å². The Morgan fingerprint density at radius 1 is 1.40 bits per heavy atom. The second-order valence-corrected chi connectivity index (χ2v) is 5.93. The Kier molecular flexibility index (Phi) is 7.83. The van der Waals surface area contributed by atoms with Gasteiger partial charge >= 0.3 is 0 Å². The highest BCUT2D eigenvalue weighted by molar-refractivity contribution is 5.93. The molecule has 0 aromatic carbocycles. The first kappa shape index (κ1) is 19.4. The van der Waals surface area contributed by atoms with Gasteiger partial charge in [-0.3, -0.25) is 14.5 Å². The number of nitrogens with zero attached hydrogens (tertiary/aromatic N) is 3. The van der Waals surface area contributed by atoms with E-state index in [1.807, 2.05) is 0 Å². The lowest BCUT2D eigenvalue weighted by molar-refractivity contribution is -0.138. The summed E-state index contributed by atoms with van der Waals surface area (Å²) in [5.74, 6) is 0.420. The van der Waals surface area contributed by atoms with Gasteiger partial charge in [-0.05, 0) is 13.3 Å². The standard InChI is InChI=1S/C16H26N4O5/c1-13-10-14(18-25-13)17-15(21)11-20(16(22)12-23-2)5-3-4-19-6-8-24-9-7-19/h10H,3-9,11-12H2,1-2H3,(H,17,18,21). The number of anilines is 1. The van der Waals surface area contributed by atoms with Crippen molar-refractivity contribution < 1.29 is 23.6 Å². The summed E-state index contributed by atoms with van der Waals surface area (Å²) >= 11 is 0. The maximum atomic E-state index is 12.2. The maximum Gasteiger partial charge on any atom is 0.249 e. The number of carbonyl (C=O) groups excluding carboxylic acids is 2. The van der Waals surface area contributed by atoms with Crippen molar-refractivity contribution in [2.75, 3.05) is 65.0 Å². The number of amides is 2. The number of hydrogen-bond acceptors (Lipinski definition) is 7. The molecule has 2 amide bonds. The molecule has 1 N–H and O–H groups in total. The summed E-state index contributed by atoms with van der Waals surface area (Å²) in [4.78, 5) is 28.1. The van der Waals surface area contributed by atoms with E-state index < -0.39 is 0 Å². The number of hydrogen-bond donors (Lipinski definition) is 1. The fraction of sp³-hybridized carbons (Fsp3) is 0.688. The number of nitrogens with one attached hydrogen (secondary N) is 1. The van der Waals surface area contributed by atoms with Crippen LogP contribution in [-0.2, 0) is 19.1 Å². The smallest absolute Gasteiger partial charge is 0.249 e. The van der Waals surface area contributed by atoms with Gasteiger partial charge in [0.1, 0.15) is 12.4 Å². The molecular weight excluding hydrogens is 328 g/mol. The van der Waals surface area contributed by atoms with Gasteiger partial charge in [-0.2, -0.15) is 0 Å². The van der Waals surface area contributed by atoms with Crippen LogP contribution in [-0.4, -0.2) is 86.4 Å². The lowest BCUT2D eigenvalue weighted by atomic mass is 10.3. The number of rotatable bonds is 9. The molecule has 0 spiro atoms. The summed E-state index contributed by atoms with van der Waals surface area (Å²) in [7, 11) is 1.46. The highest BCUT2D eigenvalue weighted by Crippen LogP contribution is 2.07. The Hall–Kier alpha value is -1.97. The number of aromatic nitrogens is 1. The molecule has 2 heterocycles. The first-order chi connectivity index (χ1) is 12.1. The second kappa shape index (κ2) is 10.1. The van der Waals surface area contributed by atoms with Gasteiger partial charge in [0.2, 0.25) is 11.8 Å². The third kappa shape index (κ3) is 6.81. The first-order valence-electron chi connectivity index (χ1n) is 8.38. The van der Waals surface area contributed by atoms with Crippen LogP contribution in [0.2, 0.25) is 0 Å². The Balaban J connectivity index is 1.81. The van der Waals surface area contributed by atoms with Crippen LogP contribution in [0.25, 0.3) is 0 Å². The molecule has 1 aromatic rings. The molecule has 1 aromatic heterocycles. The van der Waals surface area contributed by atoms with Gasteiger partial charge in [-0.25, -0.2) is 0 Å². The maximum absolute atomic E-state index is 12.2. The van der Waals surface area contributed by atoms with Crippen LogP contribution in [0.5, 0.6) is 0 Å². The molecule has 1 aliphatic heterocycles. The second-order valence-electron chi connectivity index (χ2n) is 5.93. The lowest BCUT2D eigenvalue weighted by Gasteiger charge is -2.28. The topological polar surface area (TPSA) is 97.1 Å². The summed E-state index contributed by atoms with van der Waals surface area (Å²) in [5, 5.41) is 6.34. The number of aryl methyl sites for hydroxylation is 1. The number of methoxy groups -OCH3 is 1. The van der Waals surface area contributed by atoms with Crippen molar-refractivity contribution in [3.63, 3.8) is 0 Å². The largest absolute Gasteiger partial charge is 0.379 e. The normalized spacial score (nSPS) is 15.1. The zero-order chi connectivity index (χ0) is 18.1. The highest BCUT2D eigenvalue weighted by atomic mass is 16.5. The van der Waals surface area contributed by atoms with E-state index in [4.69, 9.17) is 14.0 Å². The van der Waals surface area contributed by atoms with Crippen LogP contribution < -0.4 is 5.32 Å². The van der Waals surface area contributed by atoms with Crippen molar-refractivity contribution in [1.82, 2.24) is 15.0 Å². The quantitative estimate of drug-likeness (QED) is 0.673. The minimum absolute atomic E-state index is 0.0444. The first-order valence-corrected chi connectivity index (χ1v) is 8.38. The van der Waals surface area contributed by atoms with Crippen molar-refractivity contribution in [2.24, 2.45) is 0 Å². The van der Waals surface area contributed by atoms with Crippen molar-refractivity contribution in [1.29, 1.82) is 0 Å². The van der Waals surface area contributed by atoms with Gasteiger partial charge in [0.15, 0.2) is 5.82 Å². The van der Waals surface area contributed by atoms with Gasteiger partial charge in [-0.1, -0.05) is 5.16 Å². The molecule has 0 bridgehead atoms. The molecule has 1 fully saturated rings. The van der Waals surface area contributed by atoms with Crippen molar-refractivity contribution in [3.05, 3.63) is 11.8 Å². The van der Waals surface area contributed by atoms with Crippen LogP contribution >= 0.6 is 0 Å². The Bertz CT molecular complexity index is 556. The predicted octanol–water partition coefficient (Wildman–Crippen LogP) is 0.119. The van der Waals surface area contributed by atoms with E-state index in [1.165, 1.54) is 12.0 Å². The zero-order valence-corrected chi connectivity index (χ0v) is 14.8. The molecule has 0 radical (unpaired) electrons. The number of ether oxygens (including phenoxy) is 2. The third-order valence-electron chi connectivity index (χ3n) is 3.86. The monoisotopic (exact) mass is 354 g/mol. The van der Waals surface area contributed by atoms with Crippen LogP contribution in [0.1, 0.15) is 12.2 Å². The lowest BCUT2D eigenvalue weighted by Crippen LogP contribution is -2.42. The van der Waals surface area contributed by atoms with E-state index in [0.29, 0.717) is 18.1 Å². The third-order valence-corrected chi connectivity index (χ3v) is 3.86. The van der Waals surface area contributed by atoms with E-state index in [1.54, 1.807) is 13.0 Å².